The van der Waals surface area contributed by atoms with Crippen LogP contribution in [-0.2, 0) is 0 Å². The molecular weight excluding hydrogens is 160 g/mol. The van der Waals surface area contributed by atoms with Gasteiger partial charge >= 0.3 is 0 Å². The van der Waals surface area contributed by atoms with Crippen LogP contribution in [0.5, 0.6) is 0 Å². The molecule has 56 valence electrons. The Labute approximate surface area is 67.5 Å². The highest BCUT2D eigenvalue weighted by molar-refractivity contribution is 7.13. The summed E-state index contributed by atoms with van der Waals surface area (Å²) in [6.45, 7) is 0. The molecule has 5 heteroatoms. The fraction of sp³-hybridized carbons (Fsp3) is 0. The van der Waals surface area contributed by atoms with E-state index in [0.29, 0.717) is 0 Å². The quantitative estimate of drug-likeness (QED) is 0.729. The van der Waals surface area contributed by atoms with E-state index in [1.54, 1.807) is 17.2 Å². The minimum atomic E-state index is 0.841. The summed E-state index contributed by atoms with van der Waals surface area (Å²) in [5.74, 6) is 0. The molecule has 0 bridgehead atoms. The Morgan fingerprint density at radius 3 is 3.09 bits per heavy atom. The maximum atomic E-state index is 4.04. The summed E-state index contributed by atoms with van der Waals surface area (Å²) < 4.78 is 0. The molecule has 2 rings (SSSR count). The summed E-state index contributed by atoms with van der Waals surface area (Å²) in [4.78, 5) is 5.65. The second-order valence-corrected chi connectivity index (χ2v) is 2.79. The molecule has 1 N–H and O–H groups in total. The minimum absolute atomic E-state index is 0.841. The molecule has 0 fully saturated rings. The SMILES string of the molecule is c1cnn(Nc2nccs2)c1. The Kier molecular flexibility index (Phi) is 1.57. The molecule has 0 spiro atoms. The van der Waals surface area contributed by atoms with Crippen molar-refractivity contribution in [3.05, 3.63) is 30.0 Å². The zero-order valence-corrected chi connectivity index (χ0v) is 6.45. The topological polar surface area (TPSA) is 42.7 Å². The van der Waals surface area contributed by atoms with Crippen LogP contribution in [0.1, 0.15) is 0 Å². The highest BCUT2D eigenvalue weighted by Gasteiger charge is 1.92. The van der Waals surface area contributed by atoms with Gasteiger partial charge in [0.25, 0.3) is 0 Å². The molecule has 2 aromatic heterocycles. The van der Waals surface area contributed by atoms with Crippen molar-refractivity contribution in [1.29, 1.82) is 0 Å². The number of nitrogens with one attached hydrogen (secondary N) is 1. The van der Waals surface area contributed by atoms with Gasteiger partial charge in [-0.05, 0) is 6.07 Å². The van der Waals surface area contributed by atoms with Crippen LogP contribution in [-0.4, -0.2) is 14.9 Å². The van der Waals surface area contributed by atoms with Crippen molar-refractivity contribution in [3.8, 4) is 0 Å². The van der Waals surface area contributed by atoms with Gasteiger partial charge < -0.3 is 0 Å². The van der Waals surface area contributed by atoms with Gasteiger partial charge in [-0.25, -0.2) is 4.98 Å². The van der Waals surface area contributed by atoms with E-state index >= 15 is 0 Å². The van der Waals surface area contributed by atoms with Crippen LogP contribution in [0.4, 0.5) is 5.13 Å². The van der Waals surface area contributed by atoms with Crippen LogP contribution in [0.15, 0.2) is 30.0 Å². The predicted molar refractivity (Wildman–Crippen MR) is 43.4 cm³/mol. The van der Waals surface area contributed by atoms with Gasteiger partial charge in [-0.3, -0.25) is 5.43 Å². The number of thiazole rings is 1. The number of aromatic nitrogens is 3. The maximum Gasteiger partial charge on any atom is 0.203 e. The fourth-order valence-electron chi connectivity index (χ4n) is 0.712. The average molecular weight is 166 g/mol. The Balaban J connectivity index is 2.14. The van der Waals surface area contributed by atoms with E-state index in [4.69, 9.17) is 0 Å². The molecule has 0 aliphatic carbocycles. The summed E-state index contributed by atoms with van der Waals surface area (Å²) >= 11 is 1.54. The second-order valence-electron chi connectivity index (χ2n) is 1.90. The van der Waals surface area contributed by atoms with Gasteiger partial charge in [0.2, 0.25) is 5.13 Å². The summed E-state index contributed by atoms with van der Waals surface area (Å²) in [6.07, 6.45) is 5.28. The summed E-state index contributed by atoms with van der Waals surface area (Å²) in [6, 6.07) is 1.85. The van der Waals surface area contributed by atoms with Crippen LogP contribution in [0.2, 0.25) is 0 Å². The molecule has 0 aliphatic rings. The van der Waals surface area contributed by atoms with E-state index in [1.165, 1.54) is 11.3 Å². The maximum absolute atomic E-state index is 4.04. The molecule has 0 radical (unpaired) electrons. The van der Waals surface area contributed by atoms with Gasteiger partial charge in [-0.15, -0.1) is 11.3 Å². The van der Waals surface area contributed by atoms with Gasteiger partial charge in [0.1, 0.15) is 0 Å². The number of nitrogens with zero attached hydrogens (tertiary/aromatic N) is 3. The molecule has 0 amide bonds. The molecular formula is C6H6N4S. The van der Waals surface area contributed by atoms with E-state index in [0.717, 1.165) is 5.13 Å². The summed E-state index contributed by atoms with van der Waals surface area (Å²) in [5.41, 5.74) is 2.98. The summed E-state index contributed by atoms with van der Waals surface area (Å²) in [5, 5.41) is 6.71. The average Bonchev–Trinajstić information content (AvgIpc) is 2.60. The van der Waals surface area contributed by atoms with Crippen LogP contribution in [0, 0.1) is 0 Å². The predicted octanol–water partition coefficient (Wildman–Crippen LogP) is 1.21. The lowest BCUT2D eigenvalue weighted by molar-refractivity contribution is 0.801. The van der Waals surface area contributed by atoms with Gasteiger partial charge in [0.15, 0.2) is 0 Å². The standard InChI is InChI=1S/C6H6N4S/c1-2-8-10(4-1)9-6-7-3-5-11-6/h1-5H,(H,7,9). The van der Waals surface area contributed by atoms with E-state index in [-0.39, 0.29) is 0 Å². The summed E-state index contributed by atoms with van der Waals surface area (Å²) in [7, 11) is 0. The van der Waals surface area contributed by atoms with Crippen molar-refractivity contribution in [3.63, 3.8) is 0 Å². The van der Waals surface area contributed by atoms with E-state index in [2.05, 4.69) is 15.5 Å². The number of rotatable bonds is 2. The zero-order chi connectivity index (χ0) is 7.52. The Morgan fingerprint density at radius 2 is 2.45 bits per heavy atom. The Morgan fingerprint density at radius 1 is 1.45 bits per heavy atom. The number of hydrogen-bond donors (Lipinski definition) is 1. The molecule has 4 nitrogen and oxygen atoms in total. The van der Waals surface area contributed by atoms with Crippen LogP contribution < -0.4 is 5.43 Å². The van der Waals surface area contributed by atoms with Crippen molar-refractivity contribution < 1.29 is 0 Å². The van der Waals surface area contributed by atoms with Crippen LogP contribution in [0.25, 0.3) is 0 Å². The molecule has 2 heterocycles. The molecule has 0 saturated carbocycles. The van der Waals surface area contributed by atoms with Crippen molar-refractivity contribution in [2.24, 2.45) is 0 Å². The molecule has 0 unspecified atom stereocenters. The van der Waals surface area contributed by atoms with Gasteiger partial charge in [-0.1, -0.05) is 0 Å². The highest BCUT2D eigenvalue weighted by atomic mass is 32.1. The smallest absolute Gasteiger partial charge is 0.203 e. The van der Waals surface area contributed by atoms with Crippen LogP contribution >= 0.6 is 11.3 Å². The third-order valence-corrected chi connectivity index (χ3v) is 1.82. The van der Waals surface area contributed by atoms with Gasteiger partial charge in [-0.2, -0.15) is 9.89 Å². The van der Waals surface area contributed by atoms with Crippen molar-refractivity contribution in [2.75, 3.05) is 5.43 Å². The largest absolute Gasteiger partial charge is 0.253 e. The lowest BCUT2D eigenvalue weighted by Gasteiger charge is -1.98. The first-order valence-corrected chi connectivity index (χ1v) is 3.99. The molecule has 0 aliphatic heterocycles. The third-order valence-electron chi connectivity index (χ3n) is 1.15. The van der Waals surface area contributed by atoms with Gasteiger partial charge in [0.05, 0.1) is 6.20 Å². The molecule has 11 heavy (non-hydrogen) atoms. The highest BCUT2D eigenvalue weighted by Crippen LogP contribution is 2.09. The molecule has 0 aromatic carbocycles. The lowest BCUT2D eigenvalue weighted by Crippen LogP contribution is -2.08. The van der Waals surface area contributed by atoms with E-state index in [1.807, 2.05) is 17.6 Å². The first-order valence-electron chi connectivity index (χ1n) is 3.11. The van der Waals surface area contributed by atoms with E-state index in [9.17, 15) is 0 Å². The van der Waals surface area contributed by atoms with Crippen LogP contribution in [0.3, 0.4) is 0 Å². The second kappa shape index (κ2) is 2.71. The van der Waals surface area contributed by atoms with Crippen molar-refractivity contribution in [2.45, 2.75) is 0 Å². The minimum Gasteiger partial charge on any atom is -0.253 e. The zero-order valence-electron chi connectivity index (χ0n) is 5.64. The van der Waals surface area contributed by atoms with Crippen molar-refractivity contribution in [1.82, 2.24) is 14.9 Å². The number of anilines is 1. The first-order chi connectivity index (χ1) is 5.45. The molecule has 0 atom stereocenters. The first kappa shape index (κ1) is 6.36. The molecule has 2 aromatic rings. The Hall–Kier alpha value is -1.36. The lowest BCUT2D eigenvalue weighted by atomic mass is 10.8. The fourth-order valence-corrected chi connectivity index (χ4v) is 1.23. The third kappa shape index (κ3) is 1.38. The monoisotopic (exact) mass is 166 g/mol. The van der Waals surface area contributed by atoms with Crippen molar-refractivity contribution >= 4 is 16.5 Å². The number of hydrogen-bond acceptors (Lipinski definition) is 4. The van der Waals surface area contributed by atoms with E-state index < -0.39 is 0 Å². The van der Waals surface area contributed by atoms with Gasteiger partial charge in [0, 0.05) is 17.8 Å². The molecule has 0 saturated heterocycles. The normalized spacial score (nSPS) is 9.82. The Bertz CT molecular complexity index is 267.